The minimum Gasteiger partial charge on any atom is -0.373 e. The third kappa shape index (κ3) is 3.06. The topological polar surface area (TPSA) is 47.0 Å². The number of hydrogen-bond acceptors (Lipinski definition) is 4. The normalized spacial score (nSPS) is 15.8. The van der Waals surface area contributed by atoms with Crippen LogP contribution in [0, 0.1) is 0 Å². The van der Waals surface area contributed by atoms with Crippen LogP contribution in [0.4, 0.5) is 5.82 Å². The van der Waals surface area contributed by atoms with Crippen molar-refractivity contribution in [2.24, 2.45) is 0 Å². The Morgan fingerprint density at radius 2 is 1.89 bits per heavy atom. The third-order valence-electron chi connectivity index (χ3n) is 3.71. The fourth-order valence-corrected chi connectivity index (χ4v) is 2.67. The fraction of sp³-hybridized carbons (Fsp3) is 0.733. The second kappa shape index (κ2) is 5.87. The lowest BCUT2D eigenvalue weighted by Crippen LogP contribution is -2.26. The number of aryl methyl sites for hydroxylation is 1. The number of aromatic nitrogens is 2. The molecule has 2 rings (SSSR count). The Morgan fingerprint density at radius 1 is 1.16 bits per heavy atom. The van der Waals surface area contributed by atoms with Gasteiger partial charge in [-0.25, -0.2) is 9.97 Å². The summed E-state index contributed by atoms with van der Waals surface area (Å²) in [6, 6.07) is 0. The molecule has 0 unspecified atom stereocenters. The van der Waals surface area contributed by atoms with Gasteiger partial charge in [0.25, 0.3) is 0 Å². The molecule has 0 aromatic carbocycles. The Morgan fingerprint density at radius 3 is 2.58 bits per heavy atom. The maximum absolute atomic E-state index is 5.78. The Balaban J connectivity index is 2.44. The molecule has 0 fully saturated rings. The van der Waals surface area contributed by atoms with Crippen LogP contribution in [0.3, 0.4) is 0 Å². The molecule has 4 nitrogen and oxygen atoms in total. The van der Waals surface area contributed by atoms with Gasteiger partial charge in [0.05, 0.1) is 0 Å². The van der Waals surface area contributed by atoms with E-state index in [1.807, 2.05) is 27.8 Å². The second-order valence-electron chi connectivity index (χ2n) is 5.58. The van der Waals surface area contributed by atoms with Gasteiger partial charge in [-0.1, -0.05) is 6.42 Å². The molecule has 1 aliphatic carbocycles. The molecule has 0 amide bonds. The monoisotopic (exact) mass is 263 g/mol. The van der Waals surface area contributed by atoms with E-state index in [0.29, 0.717) is 6.61 Å². The van der Waals surface area contributed by atoms with Crippen molar-refractivity contribution in [3.63, 3.8) is 0 Å². The number of hydrogen-bond donors (Lipinski definition) is 1. The van der Waals surface area contributed by atoms with Crippen molar-refractivity contribution in [1.82, 2.24) is 9.97 Å². The lowest BCUT2D eigenvalue weighted by atomic mass is 10.1. The van der Waals surface area contributed by atoms with Gasteiger partial charge in [0.2, 0.25) is 0 Å². The molecule has 1 aromatic heterocycles. The minimum absolute atomic E-state index is 0.429. The van der Waals surface area contributed by atoms with E-state index in [4.69, 9.17) is 9.72 Å². The van der Waals surface area contributed by atoms with E-state index in [0.717, 1.165) is 24.5 Å². The summed E-state index contributed by atoms with van der Waals surface area (Å²) in [6.07, 6.45) is 5.88. The van der Waals surface area contributed by atoms with Crippen molar-refractivity contribution >= 4 is 5.82 Å². The molecule has 0 radical (unpaired) electrons. The zero-order chi connectivity index (χ0) is 13.9. The summed E-state index contributed by atoms with van der Waals surface area (Å²) in [5.74, 6) is 1.77. The van der Waals surface area contributed by atoms with Gasteiger partial charge in [-0.3, -0.25) is 0 Å². The number of anilines is 1. The molecular weight excluding hydrogens is 238 g/mol. The van der Waals surface area contributed by atoms with Crippen LogP contribution in [0.25, 0.3) is 0 Å². The van der Waals surface area contributed by atoms with Crippen molar-refractivity contribution in [3.05, 3.63) is 17.1 Å². The van der Waals surface area contributed by atoms with Crippen LogP contribution in [0.5, 0.6) is 0 Å². The Hall–Kier alpha value is -1.16. The van der Waals surface area contributed by atoms with E-state index in [-0.39, 0.29) is 0 Å². The van der Waals surface area contributed by atoms with Crippen molar-refractivity contribution in [1.29, 1.82) is 0 Å². The summed E-state index contributed by atoms with van der Waals surface area (Å²) in [5, 5.41) is 3.23. The predicted molar refractivity (Wildman–Crippen MR) is 77.5 cm³/mol. The molecule has 1 aliphatic rings. The molecule has 1 N–H and O–H groups in total. The van der Waals surface area contributed by atoms with Gasteiger partial charge in [-0.2, -0.15) is 0 Å². The highest BCUT2D eigenvalue weighted by Crippen LogP contribution is 2.29. The molecule has 0 aliphatic heterocycles. The molecule has 19 heavy (non-hydrogen) atoms. The molecule has 4 heteroatoms. The van der Waals surface area contributed by atoms with Gasteiger partial charge < -0.3 is 10.1 Å². The lowest BCUT2D eigenvalue weighted by Gasteiger charge is -2.25. The highest BCUT2D eigenvalue weighted by molar-refractivity contribution is 5.47. The third-order valence-corrected chi connectivity index (χ3v) is 3.71. The Bertz CT molecular complexity index is 443. The molecule has 1 aromatic rings. The Kier molecular flexibility index (Phi) is 4.40. The molecule has 1 heterocycles. The molecule has 106 valence electrons. The summed E-state index contributed by atoms with van der Waals surface area (Å²) >= 11 is 0. The van der Waals surface area contributed by atoms with Gasteiger partial charge in [0.1, 0.15) is 11.4 Å². The van der Waals surface area contributed by atoms with Crippen molar-refractivity contribution in [3.8, 4) is 0 Å². The van der Waals surface area contributed by atoms with E-state index in [1.165, 1.54) is 30.5 Å². The van der Waals surface area contributed by atoms with E-state index in [2.05, 4.69) is 10.3 Å². The zero-order valence-corrected chi connectivity index (χ0v) is 12.5. The number of fused-ring (bicyclic) bond motifs is 1. The summed E-state index contributed by atoms with van der Waals surface area (Å²) in [7, 11) is 1.94. The average Bonchev–Trinajstić information content (AvgIpc) is 2.62. The molecule has 0 spiro atoms. The van der Waals surface area contributed by atoms with Gasteiger partial charge in [-0.15, -0.1) is 0 Å². The maximum Gasteiger partial charge on any atom is 0.162 e. The molecule has 0 saturated carbocycles. The van der Waals surface area contributed by atoms with E-state index in [9.17, 15) is 0 Å². The second-order valence-corrected chi connectivity index (χ2v) is 5.58. The summed E-state index contributed by atoms with van der Waals surface area (Å²) in [4.78, 5) is 9.49. The fourth-order valence-electron chi connectivity index (χ4n) is 2.67. The first-order valence-corrected chi connectivity index (χ1v) is 7.30. The van der Waals surface area contributed by atoms with Gasteiger partial charge >= 0.3 is 0 Å². The van der Waals surface area contributed by atoms with Gasteiger partial charge in [-0.05, 0) is 46.5 Å². The van der Waals surface area contributed by atoms with E-state index < -0.39 is 5.60 Å². The number of nitrogens with one attached hydrogen (secondary N) is 1. The van der Waals surface area contributed by atoms with Crippen LogP contribution in [0.15, 0.2) is 0 Å². The Labute approximate surface area is 116 Å². The zero-order valence-electron chi connectivity index (χ0n) is 12.5. The van der Waals surface area contributed by atoms with Crippen LogP contribution >= 0.6 is 0 Å². The van der Waals surface area contributed by atoms with Gasteiger partial charge in [0.15, 0.2) is 5.82 Å². The molecule has 0 saturated heterocycles. The van der Waals surface area contributed by atoms with E-state index in [1.54, 1.807) is 0 Å². The average molecular weight is 263 g/mol. The maximum atomic E-state index is 5.78. The van der Waals surface area contributed by atoms with Gasteiger partial charge in [0, 0.05) is 24.9 Å². The quantitative estimate of drug-likeness (QED) is 0.848. The van der Waals surface area contributed by atoms with Crippen molar-refractivity contribution < 1.29 is 4.74 Å². The number of nitrogens with zero attached hydrogens (tertiary/aromatic N) is 2. The first kappa shape index (κ1) is 14.3. The van der Waals surface area contributed by atoms with E-state index >= 15 is 0 Å². The summed E-state index contributed by atoms with van der Waals surface area (Å²) in [5.41, 5.74) is 2.08. The summed E-state index contributed by atoms with van der Waals surface area (Å²) < 4.78 is 5.78. The first-order chi connectivity index (χ1) is 9.08. The largest absolute Gasteiger partial charge is 0.373 e. The highest BCUT2D eigenvalue weighted by Gasteiger charge is 2.27. The van der Waals surface area contributed by atoms with Crippen LogP contribution in [0.1, 0.15) is 57.1 Å². The number of ether oxygens (including phenoxy) is 1. The van der Waals surface area contributed by atoms with Crippen molar-refractivity contribution in [2.45, 2.75) is 58.5 Å². The highest BCUT2D eigenvalue weighted by atomic mass is 16.5. The van der Waals surface area contributed by atoms with Crippen LogP contribution in [-0.2, 0) is 23.2 Å². The predicted octanol–water partition coefficient (Wildman–Crippen LogP) is 3.06. The standard InChI is InChI=1S/C15H25N3O/c1-5-19-15(2,3)14-17-12-10-8-6-7-9-11(12)13(16-4)18-14/h5-10H2,1-4H3,(H,16,17,18). The van der Waals surface area contributed by atoms with Crippen molar-refractivity contribution in [2.75, 3.05) is 19.0 Å². The van der Waals surface area contributed by atoms with Crippen LogP contribution in [-0.4, -0.2) is 23.6 Å². The van der Waals surface area contributed by atoms with Crippen LogP contribution in [0.2, 0.25) is 0 Å². The molecule has 0 atom stereocenters. The van der Waals surface area contributed by atoms with Crippen LogP contribution < -0.4 is 5.32 Å². The summed E-state index contributed by atoms with van der Waals surface area (Å²) in [6.45, 7) is 6.75. The lowest BCUT2D eigenvalue weighted by molar-refractivity contribution is -0.0208. The minimum atomic E-state index is -0.429. The smallest absolute Gasteiger partial charge is 0.162 e. The SMILES string of the molecule is CCOC(C)(C)c1nc2c(c(NC)n1)CCCCC2. The first-order valence-electron chi connectivity index (χ1n) is 7.30. The molecular formula is C15H25N3O. The molecule has 0 bridgehead atoms. The number of rotatable bonds is 4.